The Labute approximate surface area is 164 Å². The van der Waals surface area contributed by atoms with E-state index in [0.29, 0.717) is 0 Å². The molecule has 0 aliphatic heterocycles. The first kappa shape index (κ1) is 22.9. The first-order chi connectivity index (χ1) is 12.5. The number of ether oxygens (including phenoxy) is 1. The normalized spacial score (nSPS) is 10.9. The van der Waals surface area contributed by atoms with Crippen LogP contribution in [0, 0.1) is 9.86 Å². The summed E-state index contributed by atoms with van der Waals surface area (Å²) >= 11 is -2.39. The summed E-state index contributed by atoms with van der Waals surface area (Å²) in [6.45, 7) is 7.08. The van der Waals surface area contributed by atoms with Gasteiger partial charge in [0.05, 0.1) is 0 Å². The molecule has 26 heavy (non-hydrogen) atoms. The Hall–Kier alpha value is -1.15. The molecule has 0 saturated heterocycles. The number of primary amides is 1. The Kier molecular flexibility index (Phi) is 11.5. The molecule has 0 aliphatic rings. The van der Waals surface area contributed by atoms with Crippen LogP contribution in [-0.4, -0.2) is 24.5 Å². The number of unbranched alkanes of at least 4 members (excludes halogenated alkanes) is 3. The van der Waals surface area contributed by atoms with Gasteiger partial charge in [-0.05, 0) is 0 Å². The van der Waals surface area contributed by atoms with Gasteiger partial charge in [0.2, 0.25) is 0 Å². The van der Waals surface area contributed by atoms with Gasteiger partial charge in [-0.2, -0.15) is 0 Å². The Morgan fingerprint density at radius 2 is 1.46 bits per heavy atom. The number of amides is 1. The molecular formula is C22H35NO2Sn. The van der Waals surface area contributed by atoms with Crippen LogP contribution >= 0.6 is 0 Å². The van der Waals surface area contributed by atoms with Crippen molar-refractivity contribution in [1.29, 1.82) is 0 Å². The van der Waals surface area contributed by atoms with Crippen molar-refractivity contribution >= 4 is 24.5 Å². The zero-order chi connectivity index (χ0) is 19.3. The number of benzene rings is 1. The molecule has 144 valence electrons. The SMILES string of the molecule is CCC[CH2][Sn]([C]#Cc1ccc(COC(N)=O)cc1)([CH2]CCC)[CH2]CCC. The van der Waals surface area contributed by atoms with Crippen molar-refractivity contribution in [3.8, 4) is 9.86 Å². The average molecular weight is 464 g/mol. The number of nitrogens with two attached hydrogens (primary N) is 1. The van der Waals surface area contributed by atoms with Crippen molar-refractivity contribution < 1.29 is 9.53 Å². The maximum atomic E-state index is 10.7. The molecule has 0 heterocycles. The molecule has 3 nitrogen and oxygen atoms in total. The van der Waals surface area contributed by atoms with Crippen LogP contribution in [0.15, 0.2) is 24.3 Å². The van der Waals surface area contributed by atoms with Gasteiger partial charge in [0.25, 0.3) is 0 Å². The molecular weight excluding hydrogens is 429 g/mol. The van der Waals surface area contributed by atoms with E-state index >= 15 is 0 Å². The van der Waals surface area contributed by atoms with E-state index in [1.807, 2.05) is 24.3 Å². The van der Waals surface area contributed by atoms with Gasteiger partial charge in [0.1, 0.15) is 0 Å². The van der Waals surface area contributed by atoms with Crippen molar-refractivity contribution in [1.82, 2.24) is 0 Å². The van der Waals surface area contributed by atoms with Crippen molar-refractivity contribution in [3.05, 3.63) is 35.4 Å². The predicted octanol–water partition coefficient (Wildman–Crippen LogP) is 6.02. The van der Waals surface area contributed by atoms with Gasteiger partial charge in [-0.25, -0.2) is 0 Å². The Morgan fingerprint density at radius 1 is 0.962 bits per heavy atom. The molecule has 0 aromatic heterocycles. The molecule has 0 fully saturated rings. The summed E-state index contributed by atoms with van der Waals surface area (Å²) in [5.74, 6) is 3.52. The van der Waals surface area contributed by atoms with Crippen molar-refractivity contribution in [2.45, 2.75) is 79.2 Å². The predicted molar refractivity (Wildman–Crippen MR) is 113 cm³/mol. The van der Waals surface area contributed by atoms with Gasteiger partial charge >= 0.3 is 164 Å². The van der Waals surface area contributed by atoms with Crippen LogP contribution in [0.25, 0.3) is 0 Å². The van der Waals surface area contributed by atoms with Crippen LogP contribution in [0.5, 0.6) is 0 Å². The number of rotatable bonds is 11. The molecule has 1 aromatic rings. The molecule has 1 amide bonds. The first-order valence-corrected chi connectivity index (χ1v) is 17.6. The Balaban J connectivity index is 2.92. The van der Waals surface area contributed by atoms with Crippen molar-refractivity contribution in [2.24, 2.45) is 5.73 Å². The molecule has 4 heteroatoms. The first-order valence-electron chi connectivity index (χ1n) is 10.1. The summed E-state index contributed by atoms with van der Waals surface area (Å²) in [5.41, 5.74) is 7.01. The maximum absolute atomic E-state index is 10.7. The third kappa shape index (κ3) is 8.98. The summed E-state index contributed by atoms with van der Waals surface area (Å²) in [6, 6.07) is 7.99. The summed E-state index contributed by atoms with van der Waals surface area (Å²) in [6.07, 6.45) is 7.08. The molecule has 0 atom stereocenters. The van der Waals surface area contributed by atoms with Gasteiger partial charge < -0.3 is 0 Å². The molecule has 1 aromatic carbocycles. The number of hydrogen-bond donors (Lipinski definition) is 1. The molecule has 0 bridgehead atoms. The Bertz CT molecular complexity index is 565. The fourth-order valence-corrected chi connectivity index (χ4v) is 16.4. The quantitative estimate of drug-likeness (QED) is 0.322. The van der Waals surface area contributed by atoms with Gasteiger partial charge in [-0.3, -0.25) is 0 Å². The topological polar surface area (TPSA) is 52.3 Å². The monoisotopic (exact) mass is 465 g/mol. The van der Waals surface area contributed by atoms with Crippen LogP contribution in [0.1, 0.15) is 70.4 Å². The van der Waals surface area contributed by atoms with Gasteiger partial charge in [0.15, 0.2) is 0 Å². The van der Waals surface area contributed by atoms with E-state index in [1.54, 1.807) is 0 Å². The molecule has 0 spiro atoms. The number of hydrogen-bond acceptors (Lipinski definition) is 2. The second-order valence-corrected chi connectivity index (χ2v) is 19.4. The molecule has 0 radical (unpaired) electrons. The molecule has 0 aliphatic carbocycles. The zero-order valence-corrected chi connectivity index (χ0v) is 19.6. The molecule has 0 unspecified atom stereocenters. The third-order valence-corrected chi connectivity index (χ3v) is 17.9. The van der Waals surface area contributed by atoms with E-state index < -0.39 is 24.5 Å². The van der Waals surface area contributed by atoms with Crippen LogP contribution in [-0.2, 0) is 11.3 Å². The van der Waals surface area contributed by atoms with E-state index in [-0.39, 0.29) is 6.61 Å². The fraction of sp³-hybridized carbons (Fsp3) is 0.591. The summed E-state index contributed by atoms with van der Waals surface area (Å²) < 4.78 is 12.9. The van der Waals surface area contributed by atoms with Crippen LogP contribution in [0.3, 0.4) is 0 Å². The van der Waals surface area contributed by atoms with Crippen LogP contribution in [0.4, 0.5) is 4.79 Å². The number of carbonyl (C=O) groups is 1. The fourth-order valence-electron chi connectivity index (χ4n) is 3.15. The van der Waals surface area contributed by atoms with E-state index in [1.165, 1.54) is 51.8 Å². The van der Waals surface area contributed by atoms with E-state index in [4.69, 9.17) is 10.5 Å². The van der Waals surface area contributed by atoms with E-state index in [9.17, 15) is 4.79 Å². The van der Waals surface area contributed by atoms with E-state index in [2.05, 4.69) is 30.6 Å². The van der Waals surface area contributed by atoms with Crippen molar-refractivity contribution in [2.75, 3.05) is 0 Å². The van der Waals surface area contributed by atoms with Gasteiger partial charge in [-0.15, -0.1) is 0 Å². The van der Waals surface area contributed by atoms with Crippen molar-refractivity contribution in [3.63, 3.8) is 0 Å². The summed E-state index contributed by atoms with van der Waals surface area (Å²) in [4.78, 5) is 10.7. The average Bonchev–Trinajstić information content (AvgIpc) is 2.66. The van der Waals surface area contributed by atoms with Crippen LogP contribution in [0.2, 0.25) is 13.3 Å². The molecule has 0 saturated carbocycles. The summed E-state index contributed by atoms with van der Waals surface area (Å²) in [5, 5.41) is 0. The van der Waals surface area contributed by atoms with Gasteiger partial charge in [-0.1, -0.05) is 0 Å². The minimum absolute atomic E-state index is 0.218. The van der Waals surface area contributed by atoms with E-state index in [0.717, 1.165) is 11.1 Å². The standard InChI is InChI=1S/C10H8NO2.3C4H9.Sn/c1-2-8-3-5-9(6-4-8)7-13-10(11)12;3*1-3-4-2;/h3-6H,7H2,(H2,11,12);3*1,3-4H2,2H3;. The number of carbonyl (C=O) groups excluding carboxylic acids is 1. The third-order valence-electron chi connectivity index (χ3n) is 4.83. The summed E-state index contributed by atoms with van der Waals surface area (Å²) in [7, 11) is 0. The Morgan fingerprint density at radius 3 is 1.88 bits per heavy atom. The van der Waals surface area contributed by atoms with Gasteiger partial charge in [0, 0.05) is 0 Å². The zero-order valence-electron chi connectivity index (χ0n) is 16.8. The minimum atomic E-state index is -2.39. The molecule has 2 N–H and O–H groups in total. The van der Waals surface area contributed by atoms with Crippen LogP contribution < -0.4 is 5.73 Å². The molecule has 1 rings (SSSR count). The second kappa shape index (κ2) is 13.1. The second-order valence-electron chi connectivity index (χ2n) is 7.15.